The van der Waals surface area contributed by atoms with E-state index in [1.54, 1.807) is 24.3 Å². The Morgan fingerprint density at radius 1 is 1.21 bits per heavy atom. The van der Waals surface area contributed by atoms with Gasteiger partial charge in [0.05, 0.1) is 12.3 Å². The van der Waals surface area contributed by atoms with Crippen molar-refractivity contribution in [2.24, 2.45) is 4.99 Å². The Kier molecular flexibility index (Phi) is 6.65. The number of amides is 2. The van der Waals surface area contributed by atoms with Gasteiger partial charge in [-0.1, -0.05) is 18.7 Å². The van der Waals surface area contributed by atoms with Crippen molar-refractivity contribution in [2.45, 2.75) is 25.0 Å². The third-order valence-electron chi connectivity index (χ3n) is 3.82. The first-order valence-corrected chi connectivity index (χ1v) is 9.76. The van der Waals surface area contributed by atoms with Crippen LogP contribution in [-0.4, -0.2) is 28.8 Å². The van der Waals surface area contributed by atoms with E-state index < -0.39 is 5.25 Å². The molecule has 1 aliphatic heterocycles. The Hall–Kier alpha value is -2.87. The highest BCUT2D eigenvalue weighted by Crippen LogP contribution is 2.26. The fourth-order valence-electron chi connectivity index (χ4n) is 2.46. The van der Waals surface area contributed by atoms with Gasteiger partial charge in [-0.05, 0) is 55.0 Å². The number of anilines is 1. The Morgan fingerprint density at radius 2 is 1.93 bits per heavy atom. The molecule has 1 fully saturated rings. The van der Waals surface area contributed by atoms with E-state index in [2.05, 4.69) is 15.6 Å². The Labute approximate surface area is 166 Å². The lowest BCUT2D eigenvalue weighted by Gasteiger charge is -2.09. The first-order chi connectivity index (χ1) is 13.5. The summed E-state index contributed by atoms with van der Waals surface area (Å²) >= 11 is 1.18. The lowest BCUT2D eigenvalue weighted by molar-refractivity contribution is -0.122. The minimum absolute atomic E-state index is 0.0209. The molecule has 2 aromatic rings. The Morgan fingerprint density at radius 3 is 2.61 bits per heavy atom. The van der Waals surface area contributed by atoms with Crippen LogP contribution in [0.5, 0.6) is 5.75 Å². The van der Waals surface area contributed by atoms with E-state index >= 15 is 0 Å². The van der Waals surface area contributed by atoms with Gasteiger partial charge in [0.2, 0.25) is 11.8 Å². The molecule has 2 aromatic carbocycles. The number of nitrogens with one attached hydrogen (secondary N) is 2. The van der Waals surface area contributed by atoms with Gasteiger partial charge in [0, 0.05) is 12.1 Å². The number of hydrogen-bond acceptors (Lipinski definition) is 5. The molecule has 1 atom stereocenters. The quantitative estimate of drug-likeness (QED) is 0.738. The van der Waals surface area contributed by atoms with Gasteiger partial charge in [0.15, 0.2) is 5.17 Å². The number of nitrogens with zero attached hydrogens (tertiary/aromatic N) is 1. The second-order valence-electron chi connectivity index (χ2n) is 6.11. The minimum atomic E-state index is -0.564. The predicted molar refractivity (Wildman–Crippen MR) is 108 cm³/mol. The normalized spacial score (nSPS) is 17.4. The molecule has 146 valence electrons. The van der Waals surface area contributed by atoms with Crippen LogP contribution in [0, 0.1) is 5.82 Å². The Balaban J connectivity index is 1.54. The maximum absolute atomic E-state index is 12.9. The summed E-state index contributed by atoms with van der Waals surface area (Å²) < 4.78 is 18.4. The highest BCUT2D eigenvalue weighted by molar-refractivity contribution is 8.15. The molecule has 0 spiro atoms. The molecule has 0 unspecified atom stereocenters. The number of halogens is 1. The van der Waals surface area contributed by atoms with E-state index in [4.69, 9.17) is 4.74 Å². The van der Waals surface area contributed by atoms with Crippen molar-refractivity contribution in [2.75, 3.05) is 11.9 Å². The van der Waals surface area contributed by atoms with E-state index in [0.29, 0.717) is 23.1 Å². The molecule has 2 amide bonds. The number of benzene rings is 2. The summed E-state index contributed by atoms with van der Waals surface area (Å²) in [6.45, 7) is 2.67. The number of carbonyl (C=O) groups excluding carboxylic acids is 2. The molecule has 28 heavy (non-hydrogen) atoms. The van der Waals surface area contributed by atoms with Gasteiger partial charge in [0.1, 0.15) is 16.8 Å². The molecule has 1 saturated heterocycles. The van der Waals surface area contributed by atoms with E-state index in [9.17, 15) is 14.0 Å². The maximum atomic E-state index is 12.9. The smallest absolute Gasteiger partial charge is 0.240 e. The number of hydrogen-bond donors (Lipinski definition) is 2. The first kappa shape index (κ1) is 19.9. The van der Waals surface area contributed by atoms with Crippen molar-refractivity contribution in [1.29, 1.82) is 0 Å². The number of rotatable bonds is 7. The van der Waals surface area contributed by atoms with Gasteiger partial charge in [0.25, 0.3) is 0 Å². The van der Waals surface area contributed by atoms with Crippen molar-refractivity contribution in [3.05, 3.63) is 54.3 Å². The summed E-state index contributed by atoms with van der Waals surface area (Å²) in [7, 11) is 0. The fraction of sp³-hybridized carbons (Fsp3) is 0.250. The lowest BCUT2D eigenvalue weighted by Crippen LogP contribution is -2.28. The van der Waals surface area contributed by atoms with Crippen LogP contribution in [0.3, 0.4) is 0 Å². The van der Waals surface area contributed by atoms with Crippen molar-refractivity contribution >= 4 is 40.1 Å². The molecular weight excluding hydrogens is 381 g/mol. The van der Waals surface area contributed by atoms with Crippen LogP contribution in [0.2, 0.25) is 0 Å². The molecular formula is C20H20FN3O3S. The molecule has 0 aromatic heterocycles. The zero-order valence-corrected chi connectivity index (χ0v) is 16.1. The molecule has 1 aliphatic rings. The largest absolute Gasteiger partial charge is 0.494 e. The molecule has 3 rings (SSSR count). The van der Waals surface area contributed by atoms with Crippen LogP contribution in [0.4, 0.5) is 15.8 Å². The predicted octanol–water partition coefficient (Wildman–Crippen LogP) is 3.86. The van der Waals surface area contributed by atoms with Crippen LogP contribution in [-0.2, 0) is 9.59 Å². The molecule has 2 N–H and O–H groups in total. The molecule has 0 aliphatic carbocycles. The van der Waals surface area contributed by atoms with Crippen LogP contribution in [0.15, 0.2) is 53.5 Å². The van der Waals surface area contributed by atoms with E-state index in [1.807, 2.05) is 6.92 Å². The second-order valence-corrected chi connectivity index (χ2v) is 7.31. The average molecular weight is 401 g/mol. The van der Waals surface area contributed by atoms with Gasteiger partial charge < -0.3 is 15.4 Å². The van der Waals surface area contributed by atoms with Crippen LogP contribution < -0.4 is 15.4 Å². The molecule has 0 bridgehead atoms. The van der Waals surface area contributed by atoms with E-state index in [0.717, 1.165) is 12.2 Å². The summed E-state index contributed by atoms with van der Waals surface area (Å²) in [5.41, 5.74) is 1.16. The summed E-state index contributed by atoms with van der Waals surface area (Å²) in [6.07, 6.45) is 0.944. The zero-order valence-electron chi connectivity index (χ0n) is 15.3. The van der Waals surface area contributed by atoms with Crippen molar-refractivity contribution in [3.8, 4) is 5.75 Å². The third-order valence-corrected chi connectivity index (χ3v) is 4.90. The SMILES string of the molecule is CCCOc1ccc(NC(=O)C[C@@H]2SC(=Nc3ccc(F)cc3)NC2=O)cc1. The van der Waals surface area contributed by atoms with Gasteiger partial charge in [-0.3, -0.25) is 9.59 Å². The summed E-state index contributed by atoms with van der Waals surface area (Å²) in [4.78, 5) is 28.6. The second kappa shape index (κ2) is 9.36. The summed E-state index contributed by atoms with van der Waals surface area (Å²) in [5, 5.41) is 5.25. The number of amidine groups is 1. The number of carbonyl (C=O) groups is 2. The van der Waals surface area contributed by atoms with Crippen LogP contribution in [0.25, 0.3) is 0 Å². The number of thioether (sulfide) groups is 1. The van der Waals surface area contributed by atoms with E-state index in [-0.39, 0.29) is 24.1 Å². The van der Waals surface area contributed by atoms with Crippen LogP contribution in [0.1, 0.15) is 19.8 Å². The molecule has 0 saturated carbocycles. The third kappa shape index (κ3) is 5.56. The average Bonchev–Trinajstić information content (AvgIpc) is 3.02. The number of ether oxygens (including phenoxy) is 1. The summed E-state index contributed by atoms with van der Waals surface area (Å²) in [6, 6.07) is 12.7. The number of aliphatic imine (C=N–C) groups is 1. The highest BCUT2D eigenvalue weighted by atomic mass is 32.2. The van der Waals surface area contributed by atoms with Crippen molar-refractivity contribution in [1.82, 2.24) is 5.32 Å². The van der Waals surface area contributed by atoms with Crippen molar-refractivity contribution in [3.63, 3.8) is 0 Å². The topological polar surface area (TPSA) is 79.8 Å². The monoisotopic (exact) mass is 401 g/mol. The zero-order chi connectivity index (χ0) is 19.9. The van der Waals surface area contributed by atoms with Crippen molar-refractivity contribution < 1.29 is 18.7 Å². The lowest BCUT2D eigenvalue weighted by atomic mass is 10.2. The Bertz CT molecular complexity index is 869. The maximum Gasteiger partial charge on any atom is 0.240 e. The molecule has 1 heterocycles. The van der Waals surface area contributed by atoms with Gasteiger partial charge in [-0.25, -0.2) is 9.38 Å². The molecule has 6 nitrogen and oxygen atoms in total. The van der Waals surface area contributed by atoms with Gasteiger partial charge >= 0.3 is 0 Å². The van der Waals surface area contributed by atoms with Crippen LogP contribution >= 0.6 is 11.8 Å². The summed E-state index contributed by atoms with van der Waals surface area (Å²) in [5.74, 6) is -0.152. The van der Waals surface area contributed by atoms with E-state index in [1.165, 1.54) is 36.0 Å². The minimum Gasteiger partial charge on any atom is -0.494 e. The standard InChI is InChI=1S/C20H20FN3O3S/c1-2-11-27-16-9-7-14(8-10-16)22-18(25)12-17-19(26)24-20(28-17)23-15-5-3-13(21)4-6-15/h3-10,17H,2,11-12H2,1H3,(H,22,25)(H,23,24,26)/t17-/m0/s1. The highest BCUT2D eigenvalue weighted by Gasteiger charge is 2.32. The van der Waals surface area contributed by atoms with Gasteiger partial charge in [-0.15, -0.1) is 0 Å². The fourth-order valence-corrected chi connectivity index (χ4v) is 3.45. The molecule has 0 radical (unpaired) electrons. The van der Waals surface area contributed by atoms with Gasteiger partial charge in [-0.2, -0.15) is 0 Å². The molecule has 8 heteroatoms. The first-order valence-electron chi connectivity index (χ1n) is 8.88.